The molecule has 2 rings (SSSR count). The molecule has 53 heavy (non-hydrogen) atoms. The summed E-state index contributed by atoms with van der Waals surface area (Å²) in [7, 11) is 0. The molecule has 2 aromatic rings. The van der Waals surface area contributed by atoms with Crippen molar-refractivity contribution in [1.82, 2.24) is 0 Å². The van der Waals surface area contributed by atoms with Crippen LogP contribution >= 0.6 is 11.3 Å². The third kappa shape index (κ3) is 22.0. The molecule has 15 heteroatoms. The topological polar surface area (TPSA) is 217 Å². The van der Waals surface area contributed by atoms with E-state index in [0.717, 1.165) is 41.1 Å². The molecule has 0 radical (unpaired) electrons. The number of nitrogen functional groups attached to an aromatic ring is 2. The van der Waals surface area contributed by atoms with E-state index in [1.807, 2.05) is 49.4 Å². The third-order valence-corrected chi connectivity index (χ3v) is 8.95. The molecule has 288 valence electrons. The van der Waals surface area contributed by atoms with Gasteiger partial charge in [0.05, 0.1) is 58.2 Å². The smallest absolute Gasteiger partial charge is 0.550 e. The Morgan fingerprint density at radius 1 is 0.943 bits per heavy atom. The van der Waals surface area contributed by atoms with E-state index in [1.165, 1.54) is 25.7 Å². The van der Waals surface area contributed by atoms with E-state index >= 15 is 0 Å². The number of hydrogen-bond donors (Lipinski definition) is 3. The number of rotatable bonds is 26. The molecule has 0 bridgehead atoms. The summed E-state index contributed by atoms with van der Waals surface area (Å²) < 4.78 is 21.7. The Morgan fingerprint density at radius 3 is 2.15 bits per heavy atom. The summed E-state index contributed by atoms with van der Waals surface area (Å²) in [4.78, 5) is 26.1. The number of nitriles is 2. The van der Waals surface area contributed by atoms with Crippen molar-refractivity contribution in [3.05, 3.63) is 51.9 Å². The quantitative estimate of drug-likeness (QED) is 0.0407. The number of carbonyl (C=O) groups excluding carboxylic acids is 2. The van der Waals surface area contributed by atoms with Crippen molar-refractivity contribution in [2.75, 3.05) is 82.3 Å². The van der Waals surface area contributed by atoms with Gasteiger partial charge in [-0.3, -0.25) is 4.79 Å². The Hall–Kier alpha value is -3.18. The van der Waals surface area contributed by atoms with Crippen molar-refractivity contribution in [3.63, 3.8) is 0 Å². The van der Waals surface area contributed by atoms with Gasteiger partial charge in [-0.15, -0.1) is 11.3 Å². The number of carboxylic acid groups (broad SMARTS) is 1. The molecule has 1 heterocycles. The van der Waals surface area contributed by atoms with Crippen molar-refractivity contribution < 1.29 is 68.3 Å². The van der Waals surface area contributed by atoms with Gasteiger partial charge in [0, 0.05) is 36.4 Å². The van der Waals surface area contributed by atoms with E-state index in [2.05, 4.69) is 11.8 Å². The molecule has 0 spiro atoms. The minimum absolute atomic E-state index is 0. The normalized spacial score (nSPS) is 11.1. The van der Waals surface area contributed by atoms with Gasteiger partial charge in [-0.05, 0) is 62.4 Å². The molecule has 0 aliphatic carbocycles. The van der Waals surface area contributed by atoms with Gasteiger partial charge in [-0.1, -0.05) is 44.8 Å². The number of hydrogen-bond acceptors (Lipinski definition) is 14. The zero-order valence-electron chi connectivity index (χ0n) is 31.9. The Morgan fingerprint density at radius 2 is 1.58 bits per heavy atom. The molecule has 0 saturated heterocycles. The molecular weight excluding hydrogens is 710 g/mol. The van der Waals surface area contributed by atoms with Crippen molar-refractivity contribution >= 4 is 39.7 Å². The van der Waals surface area contributed by atoms with Gasteiger partial charge in [0.25, 0.3) is 0 Å². The molecule has 0 fully saturated rings. The summed E-state index contributed by atoms with van der Waals surface area (Å²) in [6.45, 7) is 9.33. The van der Waals surface area contributed by atoms with Gasteiger partial charge in [0.1, 0.15) is 28.6 Å². The van der Waals surface area contributed by atoms with Gasteiger partial charge in [0.15, 0.2) is 0 Å². The number of nitrogens with zero attached hydrogens (tertiary/aromatic N) is 3. The van der Waals surface area contributed by atoms with E-state index in [1.54, 1.807) is 6.92 Å². The first kappa shape index (κ1) is 49.8. The number of aryl methyl sites for hydroxylation is 1. The van der Waals surface area contributed by atoms with E-state index < -0.39 is 17.9 Å². The Bertz CT molecular complexity index is 1440. The van der Waals surface area contributed by atoms with Crippen LogP contribution in [0, 0.1) is 42.4 Å². The van der Waals surface area contributed by atoms with Crippen LogP contribution in [0.15, 0.2) is 30.4 Å². The molecule has 1 aromatic heterocycles. The minimum Gasteiger partial charge on any atom is -0.550 e. The van der Waals surface area contributed by atoms with Gasteiger partial charge < -0.3 is 50.3 Å². The van der Waals surface area contributed by atoms with Crippen LogP contribution in [-0.4, -0.2) is 83.0 Å². The molecule has 1 aromatic carbocycles. The Kier molecular flexibility index (Phi) is 29.3. The first-order valence-corrected chi connectivity index (χ1v) is 18.6. The molecule has 1 atom stereocenters. The zero-order chi connectivity index (χ0) is 38.6. The second-order valence-electron chi connectivity index (χ2n) is 12.0. The molecule has 0 aliphatic heterocycles. The van der Waals surface area contributed by atoms with Crippen LogP contribution in [0.2, 0.25) is 0 Å². The van der Waals surface area contributed by atoms with Gasteiger partial charge in [-0.25, -0.2) is 0 Å². The number of nitrogens with two attached hydrogens (primary N) is 2. The van der Waals surface area contributed by atoms with Crippen LogP contribution in [0.5, 0.6) is 0 Å². The first-order chi connectivity index (χ1) is 25.1. The molecular formula is C38H56N5NaO8S. The molecule has 1 unspecified atom stereocenters. The second kappa shape index (κ2) is 31.2. The third-order valence-electron chi connectivity index (χ3n) is 7.92. The number of allylic oxidation sites excluding steroid dienone is 2. The fourth-order valence-electron chi connectivity index (χ4n) is 4.83. The molecule has 0 saturated carbocycles. The molecule has 5 N–H and O–H groups in total. The number of aliphatic carboxylic acids is 1. The monoisotopic (exact) mass is 765 g/mol. The summed E-state index contributed by atoms with van der Waals surface area (Å²) in [6, 6.07) is 9.79. The average molecular weight is 766 g/mol. The fraction of sp³-hybridized carbons (Fsp3) is 0.579. The van der Waals surface area contributed by atoms with Crippen molar-refractivity contribution in [1.29, 1.82) is 10.5 Å². The maximum absolute atomic E-state index is 12.0. The van der Waals surface area contributed by atoms with Crippen LogP contribution < -0.4 is 51.0 Å². The van der Waals surface area contributed by atoms with Crippen molar-refractivity contribution in [2.24, 2.45) is 5.92 Å². The predicted octanol–water partition coefficient (Wildman–Crippen LogP) is 1.42. The molecule has 0 aliphatic rings. The summed E-state index contributed by atoms with van der Waals surface area (Å²) in [5.41, 5.74) is 15.3. The largest absolute Gasteiger partial charge is 1.00 e. The van der Waals surface area contributed by atoms with E-state index in [-0.39, 0.29) is 62.2 Å². The van der Waals surface area contributed by atoms with Crippen LogP contribution in [0.3, 0.4) is 0 Å². The molecule has 0 amide bonds. The Labute approximate surface area is 341 Å². The summed E-state index contributed by atoms with van der Waals surface area (Å²) in [5, 5.41) is 37.9. The fourth-order valence-corrected chi connectivity index (χ4v) is 5.65. The van der Waals surface area contributed by atoms with Crippen LogP contribution in [0.1, 0.15) is 79.9 Å². The van der Waals surface area contributed by atoms with Crippen LogP contribution in [0.25, 0.3) is 0 Å². The van der Waals surface area contributed by atoms with E-state index in [0.29, 0.717) is 67.1 Å². The second-order valence-corrected chi connectivity index (χ2v) is 13.0. The number of carboxylic acids is 1. The summed E-state index contributed by atoms with van der Waals surface area (Å²) in [6.07, 6.45) is 10.7. The van der Waals surface area contributed by atoms with Crippen molar-refractivity contribution in [3.8, 4) is 12.1 Å². The number of ether oxygens (including phenoxy) is 4. The van der Waals surface area contributed by atoms with Crippen molar-refractivity contribution in [2.45, 2.75) is 72.1 Å². The van der Waals surface area contributed by atoms with Gasteiger partial charge in [0.2, 0.25) is 0 Å². The standard InChI is InChI=1S/C31H52N2O8.C7H5N3S.Na/c1-3-4-5-6-7-8-9-10-11-27(31(36)37)25-30(35)41-23-22-40-21-20-39-18-15-33(14-17-38-19-16-34)28-12-13-29(32)26(2)24-28;1-4-5(2-8)7(10)11-6(4)3-9;/h9-10,12-13,24,27,34H,3-8,11,14-23,25,32H2,1-2H3,(H,36,37);10H2,1H3;/q;;+1/p-1/b10-9+;;. The summed E-state index contributed by atoms with van der Waals surface area (Å²) in [5.74, 6) is -2.72. The zero-order valence-corrected chi connectivity index (χ0v) is 34.7. The number of anilines is 3. The van der Waals surface area contributed by atoms with Gasteiger partial charge >= 0.3 is 35.5 Å². The maximum atomic E-state index is 12.0. The number of unbranched alkanes of at least 4 members (excludes halogenated alkanes) is 5. The maximum Gasteiger partial charge on any atom is 1.00 e. The van der Waals surface area contributed by atoms with E-state index in [4.69, 9.17) is 46.0 Å². The number of aliphatic hydroxyl groups is 1. The van der Waals surface area contributed by atoms with Gasteiger partial charge in [-0.2, -0.15) is 10.5 Å². The summed E-state index contributed by atoms with van der Waals surface area (Å²) >= 11 is 1.16. The van der Waals surface area contributed by atoms with Crippen LogP contribution in [-0.2, 0) is 28.5 Å². The number of aliphatic hydroxyl groups excluding tert-OH is 1. The number of esters is 1. The number of benzene rings is 1. The number of thiophene rings is 1. The van der Waals surface area contributed by atoms with Crippen LogP contribution in [0.4, 0.5) is 16.4 Å². The SMILES string of the molecule is CCCCCCC/C=C/CC(CC(=O)OCCOCCOCCN(CCOCCO)c1ccc(N)c(C)c1)C(=O)[O-].Cc1c(C#N)sc(N)c1C#N.[Na+]. The minimum atomic E-state index is -1.24. The number of carbonyl (C=O) groups is 2. The Balaban J connectivity index is 0.00000191. The average Bonchev–Trinajstić information content (AvgIpc) is 3.41. The molecule has 13 nitrogen and oxygen atoms in total. The van der Waals surface area contributed by atoms with E-state index in [9.17, 15) is 14.7 Å². The predicted molar refractivity (Wildman–Crippen MR) is 201 cm³/mol. The first-order valence-electron chi connectivity index (χ1n) is 17.7.